The van der Waals surface area contributed by atoms with Crippen molar-refractivity contribution in [2.45, 2.75) is 6.54 Å². The highest BCUT2D eigenvalue weighted by Crippen LogP contribution is 2.17. The number of amides is 1. The lowest BCUT2D eigenvalue weighted by Crippen LogP contribution is -2.36. The minimum absolute atomic E-state index is 0.162. The van der Waals surface area contributed by atoms with Crippen LogP contribution < -0.4 is 0 Å². The van der Waals surface area contributed by atoms with Gasteiger partial charge in [0.05, 0.1) is 0 Å². The topological polar surface area (TPSA) is 62.2 Å². The van der Waals surface area contributed by atoms with Crippen molar-refractivity contribution < 1.29 is 4.79 Å². The van der Waals surface area contributed by atoms with Crippen molar-refractivity contribution in [2.24, 2.45) is 0 Å². The van der Waals surface area contributed by atoms with Crippen LogP contribution in [0.3, 0.4) is 0 Å². The van der Waals surface area contributed by atoms with Gasteiger partial charge in [0.15, 0.2) is 0 Å². The maximum atomic E-state index is 12.5. The lowest BCUT2D eigenvalue weighted by Gasteiger charge is -2.23. The summed E-state index contributed by atoms with van der Waals surface area (Å²) < 4.78 is 0.271. The number of carbonyl (C=O) groups excluding carboxylic acids is 1. The molecule has 1 amide bonds. The summed E-state index contributed by atoms with van der Waals surface area (Å²) in [4.78, 5) is 20.3. The molecular weight excluding hydrogens is 310 g/mol. The van der Waals surface area contributed by atoms with Crippen LogP contribution in [-0.4, -0.2) is 58.1 Å². The molecule has 0 spiro atoms. The van der Waals surface area contributed by atoms with Crippen LogP contribution in [0.15, 0.2) is 24.5 Å². The van der Waals surface area contributed by atoms with E-state index < -0.39 is 0 Å². The molecular formula is C13H16ClN5OS. The van der Waals surface area contributed by atoms with Crippen LogP contribution >= 0.6 is 22.9 Å². The van der Waals surface area contributed by atoms with Crippen LogP contribution in [0.5, 0.6) is 0 Å². The van der Waals surface area contributed by atoms with Crippen molar-refractivity contribution >= 4 is 28.8 Å². The Hall–Kier alpha value is -1.57. The molecule has 0 aliphatic carbocycles. The van der Waals surface area contributed by atoms with Gasteiger partial charge in [-0.1, -0.05) is 17.4 Å². The van der Waals surface area contributed by atoms with E-state index in [1.54, 1.807) is 17.3 Å². The van der Waals surface area contributed by atoms with Crippen LogP contribution in [-0.2, 0) is 6.54 Å². The molecule has 0 aliphatic rings. The minimum Gasteiger partial charge on any atom is -0.331 e. The molecule has 0 aliphatic heterocycles. The SMILES string of the molecule is CN(C)CCN(Cc1cccnc1)C(=O)c1nnc(Cl)s1. The van der Waals surface area contributed by atoms with Crippen molar-refractivity contribution in [1.29, 1.82) is 0 Å². The Morgan fingerprint density at radius 3 is 2.71 bits per heavy atom. The number of likely N-dealkylation sites (N-methyl/N-ethyl adjacent to an activating group) is 1. The van der Waals surface area contributed by atoms with E-state index in [1.807, 2.05) is 31.1 Å². The third kappa shape index (κ3) is 4.73. The quantitative estimate of drug-likeness (QED) is 0.810. The summed E-state index contributed by atoms with van der Waals surface area (Å²) >= 11 is 6.84. The number of halogens is 1. The minimum atomic E-state index is -0.162. The van der Waals surface area contributed by atoms with Crippen molar-refractivity contribution in [2.75, 3.05) is 27.2 Å². The van der Waals surface area contributed by atoms with E-state index in [-0.39, 0.29) is 10.4 Å². The number of pyridine rings is 1. The van der Waals surface area contributed by atoms with E-state index in [9.17, 15) is 4.79 Å². The Morgan fingerprint density at radius 2 is 2.14 bits per heavy atom. The van der Waals surface area contributed by atoms with Crippen molar-refractivity contribution in [3.8, 4) is 0 Å². The lowest BCUT2D eigenvalue weighted by atomic mass is 10.2. The Morgan fingerprint density at radius 1 is 1.33 bits per heavy atom. The van der Waals surface area contributed by atoms with E-state index in [1.165, 1.54) is 0 Å². The maximum absolute atomic E-state index is 12.5. The van der Waals surface area contributed by atoms with Gasteiger partial charge >= 0.3 is 0 Å². The highest BCUT2D eigenvalue weighted by Gasteiger charge is 2.20. The van der Waals surface area contributed by atoms with Gasteiger partial charge in [0.1, 0.15) is 0 Å². The zero-order valence-corrected chi connectivity index (χ0v) is 13.4. The van der Waals surface area contributed by atoms with Crippen LogP contribution in [0.4, 0.5) is 0 Å². The van der Waals surface area contributed by atoms with Gasteiger partial charge in [-0.05, 0) is 37.3 Å². The second-order valence-electron chi connectivity index (χ2n) is 4.75. The molecule has 8 heteroatoms. The zero-order chi connectivity index (χ0) is 15.2. The van der Waals surface area contributed by atoms with Crippen LogP contribution in [0.1, 0.15) is 15.4 Å². The van der Waals surface area contributed by atoms with Crippen LogP contribution in [0.2, 0.25) is 4.47 Å². The smallest absolute Gasteiger partial charge is 0.285 e. The van der Waals surface area contributed by atoms with Gasteiger partial charge in [-0.25, -0.2) is 0 Å². The van der Waals surface area contributed by atoms with E-state index in [0.29, 0.717) is 18.1 Å². The number of aromatic nitrogens is 3. The van der Waals surface area contributed by atoms with E-state index in [0.717, 1.165) is 23.4 Å². The maximum Gasteiger partial charge on any atom is 0.285 e. The molecule has 0 fully saturated rings. The average molecular weight is 326 g/mol. The first kappa shape index (κ1) is 15.8. The monoisotopic (exact) mass is 325 g/mol. The molecule has 0 aromatic carbocycles. The Bertz CT molecular complexity index is 589. The van der Waals surface area contributed by atoms with Gasteiger partial charge in [-0.3, -0.25) is 9.78 Å². The van der Waals surface area contributed by atoms with E-state index in [4.69, 9.17) is 11.6 Å². The molecule has 21 heavy (non-hydrogen) atoms. The first-order chi connectivity index (χ1) is 10.1. The van der Waals surface area contributed by atoms with Crippen LogP contribution in [0, 0.1) is 0 Å². The zero-order valence-electron chi connectivity index (χ0n) is 11.9. The average Bonchev–Trinajstić information content (AvgIpc) is 2.90. The second kappa shape index (κ2) is 7.44. The van der Waals surface area contributed by atoms with Crippen molar-refractivity contribution in [3.63, 3.8) is 0 Å². The van der Waals surface area contributed by atoms with E-state index in [2.05, 4.69) is 15.2 Å². The summed E-state index contributed by atoms with van der Waals surface area (Å²) in [7, 11) is 3.93. The molecule has 0 radical (unpaired) electrons. The molecule has 0 bridgehead atoms. The number of nitrogens with zero attached hydrogens (tertiary/aromatic N) is 5. The Balaban J connectivity index is 2.13. The molecule has 0 unspecified atom stereocenters. The standard InChI is InChI=1S/C13H16ClN5OS/c1-18(2)6-7-19(9-10-4-3-5-15-8-10)12(20)11-16-17-13(14)21-11/h3-5,8H,6-7,9H2,1-2H3. The number of hydrogen-bond acceptors (Lipinski definition) is 6. The van der Waals surface area contributed by atoms with Gasteiger partial charge in [-0.2, -0.15) is 0 Å². The molecule has 2 aromatic rings. The number of rotatable bonds is 6. The molecule has 6 nitrogen and oxygen atoms in total. The highest BCUT2D eigenvalue weighted by molar-refractivity contribution is 7.17. The first-order valence-electron chi connectivity index (χ1n) is 6.38. The fourth-order valence-corrected chi connectivity index (χ4v) is 2.51. The molecule has 0 saturated heterocycles. The van der Waals surface area contributed by atoms with Gasteiger partial charge in [0.2, 0.25) is 9.47 Å². The number of carbonyl (C=O) groups is 1. The predicted octanol–water partition coefficient (Wildman–Crippen LogP) is 1.79. The summed E-state index contributed by atoms with van der Waals surface area (Å²) in [5, 5.41) is 7.82. The van der Waals surface area contributed by atoms with Crippen molar-refractivity contribution in [3.05, 3.63) is 39.6 Å². The summed E-state index contributed by atoms with van der Waals surface area (Å²) in [6, 6.07) is 3.79. The predicted molar refractivity (Wildman–Crippen MR) is 82.5 cm³/mol. The second-order valence-corrected chi connectivity index (χ2v) is 6.31. The fraction of sp³-hybridized carbons (Fsp3) is 0.385. The van der Waals surface area contributed by atoms with Gasteiger partial charge in [0, 0.05) is 32.0 Å². The lowest BCUT2D eigenvalue weighted by molar-refractivity contribution is 0.0730. The number of hydrogen-bond donors (Lipinski definition) is 0. The third-order valence-corrected chi connectivity index (χ3v) is 3.79. The highest BCUT2D eigenvalue weighted by atomic mass is 35.5. The molecule has 2 rings (SSSR count). The van der Waals surface area contributed by atoms with Gasteiger partial charge in [-0.15, -0.1) is 10.2 Å². The summed E-state index contributed by atoms with van der Waals surface area (Å²) in [5.74, 6) is -0.162. The van der Waals surface area contributed by atoms with Gasteiger partial charge < -0.3 is 9.80 Å². The molecule has 0 atom stereocenters. The molecule has 112 valence electrons. The summed E-state index contributed by atoms with van der Waals surface area (Å²) in [6.07, 6.45) is 3.46. The van der Waals surface area contributed by atoms with Crippen molar-refractivity contribution in [1.82, 2.24) is 25.0 Å². The molecule has 0 N–H and O–H groups in total. The Labute approximate surface area is 132 Å². The third-order valence-electron chi connectivity index (χ3n) is 2.78. The van der Waals surface area contributed by atoms with E-state index >= 15 is 0 Å². The van der Waals surface area contributed by atoms with Crippen LogP contribution in [0.25, 0.3) is 0 Å². The summed E-state index contributed by atoms with van der Waals surface area (Å²) in [6.45, 7) is 1.84. The normalized spacial score (nSPS) is 10.9. The largest absolute Gasteiger partial charge is 0.331 e. The molecule has 2 aromatic heterocycles. The fourth-order valence-electron chi connectivity index (χ4n) is 1.71. The van der Waals surface area contributed by atoms with Gasteiger partial charge in [0.25, 0.3) is 5.91 Å². The summed E-state index contributed by atoms with van der Waals surface area (Å²) in [5.41, 5.74) is 0.972. The first-order valence-corrected chi connectivity index (χ1v) is 7.57. The molecule has 2 heterocycles. The molecule has 0 saturated carbocycles. The Kier molecular flexibility index (Phi) is 5.60.